The van der Waals surface area contributed by atoms with Gasteiger partial charge >= 0.3 is 0 Å². The van der Waals surface area contributed by atoms with Crippen LogP contribution in [0.2, 0.25) is 5.02 Å². The third kappa shape index (κ3) is 2.89. The molecule has 0 saturated heterocycles. The number of fused-ring (bicyclic) bond motifs is 1. The van der Waals surface area contributed by atoms with Crippen molar-refractivity contribution in [3.05, 3.63) is 49.8 Å². The Morgan fingerprint density at radius 1 is 1.30 bits per heavy atom. The van der Waals surface area contributed by atoms with Crippen molar-refractivity contribution in [3.63, 3.8) is 0 Å². The number of halogens is 3. The number of imidazole rings is 1. The summed E-state index contributed by atoms with van der Waals surface area (Å²) in [7, 11) is 0. The molecule has 0 aliphatic rings. The van der Waals surface area contributed by atoms with E-state index < -0.39 is 0 Å². The van der Waals surface area contributed by atoms with E-state index in [9.17, 15) is 0 Å². The van der Waals surface area contributed by atoms with E-state index in [1.54, 1.807) is 11.3 Å². The Morgan fingerprint density at radius 3 is 2.85 bits per heavy atom. The molecule has 0 fully saturated rings. The van der Waals surface area contributed by atoms with E-state index in [4.69, 9.17) is 23.2 Å². The van der Waals surface area contributed by atoms with Crippen LogP contribution in [-0.2, 0) is 13.0 Å². The number of nitrogens with zero attached hydrogens (tertiary/aromatic N) is 2. The standard InChI is InChI=1S/C14H11BrCl2N2S/c15-9-5-11(20-8-9)7-19-13-6-10(17)1-2-12(13)18-14(19)3-4-16/h1-2,5-6,8H,3-4,7H2. The van der Waals surface area contributed by atoms with Gasteiger partial charge in [0.2, 0.25) is 0 Å². The molecule has 104 valence electrons. The molecule has 6 heteroatoms. The Bertz CT molecular complexity index is 751. The third-order valence-electron chi connectivity index (χ3n) is 3.04. The van der Waals surface area contributed by atoms with Gasteiger partial charge in [-0.25, -0.2) is 4.98 Å². The summed E-state index contributed by atoms with van der Waals surface area (Å²) in [5, 5.41) is 2.81. The van der Waals surface area contributed by atoms with Gasteiger partial charge in [-0.3, -0.25) is 0 Å². The summed E-state index contributed by atoms with van der Waals surface area (Å²) < 4.78 is 3.31. The van der Waals surface area contributed by atoms with Gasteiger partial charge in [-0.2, -0.15) is 0 Å². The maximum absolute atomic E-state index is 6.11. The van der Waals surface area contributed by atoms with Crippen LogP contribution in [-0.4, -0.2) is 15.4 Å². The predicted octanol–water partition coefficient (Wildman–Crippen LogP) is 5.34. The summed E-state index contributed by atoms with van der Waals surface area (Å²) >= 11 is 17.2. The third-order valence-corrected chi connectivity index (χ3v) is 5.15. The largest absolute Gasteiger partial charge is 0.323 e. The normalized spacial score (nSPS) is 11.3. The number of hydrogen-bond donors (Lipinski definition) is 0. The molecule has 0 aliphatic carbocycles. The van der Waals surface area contributed by atoms with Crippen LogP contribution in [0.3, 0.4) is 0 Å². The Morgan fingerprint density at radius 2 is 2.15 bits per heavy atom. The Labute approximate surface area is 139 Å². The zero-order chi connectivity index (χ0) is 14.1. The molecule has 0 bridgehead atoms. The highest BCUT2D eigenvalue weighted by molar-refractivity contribution is 9.10. The minimum absolute atomic E-state index is 0.561. The summed E-state index contributed by atoms with van der Waals surface area (Å²) in [6, 6.07) is 7.92. The molecule has 0 amide bonds. The molecule has 0 radical (unpaired) electrons. The second-order valence-corrected chi connectivity index (χ2v) is 7.14. The second kappa shape index (κ2) is 6.06. The van der Waals surface area contributed by atoms with Crippen molar-refractivity contribution >= 4 is 61.5 Å². The maximum atomic E-state index is 6.11. The van der Waals surface area contributed by atoms with Crippen LogP contribution in [0.25, 0.3) is 11.0 Å². The van der Waals surface area contributed by atoms with Crippen molar-refractivity contribution in [1.82, 2.24) is 9.55 Å². The molecule has 3 rings (SSSR count). The maximum Gasteiger partial charge on any atom is 0.111 e. The van der Waals surface area contributed by atoms with Crippen molar-refractivity contribution in [3.8, 4) is 0 Å². The lowest BCUT2D eigenvalue weighted by Gasteiger charge is -2.07. The summed E-state index contributed by atoms with van der Waals surface area (Å²) in [5.41, 5.74) is 2.02. The highest BCUT2D eigenvalue weighted by Gasteiger charge is 2.12. The topological polar surface area (TPSA) is 17.8 Å². The highest BCUT2D eigenvalue weighted by Crippen LogP contribution is 2.25. The monoisotopic (exact) mass is 388 g/mol. The first-order chi connectivity index (χ1) is 9.67. The Hall–Kier alpha value is -0.550. The fourth-order valence-corrected chi connectivity index (χ4v) is 3.96. The van der Waals surface area contributed by atoms with Crippen LogP contribution in [0, 0.1) is 0 Å². The average Bonchev–Trinajstić information content (AvgIpc) is 2.96. The number of thiophene rings is 1. The molecular weight excluding hydrogens is 379 g/mol. The molecule has 0 aliphatic heterocycles. The molecule has 2 heterocycles. The van der Waals surface area contributed by atoms with E-state index in [1.165, 1.54) is 4.88 Å². The fourth-order valence-electron chi connectivity index (χ4n) is 2.19. The lowest BCUT2D eigenvalue weighted by atomic mass is 10.3. The van der Waals surface area contributed by atoms with Gasteiger partial charge in [0.05, 0.1) is 17.6 Å². The van der Waals surface area contributed by atoms with Crippen molar-refractivity contribution in [2.75, 3.05) is 5.88 Å². The second-order valence-electron chi connectivity index (χ2n) is 4.42. The van der Waals surface area contributed by atoms with E-state index in [0.29, 0.717) is 5.88 Å². The SMILES string of the molecule is ClCCc1nc2ccc(Cl)cc2n1Cc1cc(Br)cs1. The van der Waals surface area contributed by atoms with Gasteiger partial charge in [0, 0.05) is 32.1 Å². The minimum Gasteiger partial charge on any atom is -0.323 e. The van der Waals surface area contributed by atoms with Crippen LogP contribution in [0.1, 0.15) is 10.7 Å². The van der Waals surface area contributed by atoms with Gasteiger partial charge in [0.1, 0.15) is 5.82 Å². The van der Waals surface area contributed by atoms with E-state index >= 15 is 0 Å². The smallest absolute Gasteiger partial charge is 0.111 e. The van der Waals surface area contributed by atoms with Crippen molar-refractivity contribution in [2.24, 2.45) is 0 Å². The quantitative estimate of drug-likeness (QED) is 0.550. The van der Waals surface area contributed by atoms with Crippen molar-refractivity contribution < 1.29 is 0 Å². The zero-order valence-corrected chi connectivity index (χ0v) is 14.4. The number of alkyl halides is 1. The van der Waals surface area contributed by atoms with Gasteiger partial charge < -0.3 is 4.57 Å². The number of hydrogen-bond acceptors (Lipinski definition) is 2. The number of aryl methyl sites for hydroxylation is 1. The molecule has 2 nitrogen and oxygen atoms in total. The number of aromatic nitrogens is 2. The molecule has 0 unspecified atom stereocenters. The minimum atomic E-state index is 0.561. The van der Waals surface area contributed by atoms with Crippen LogP contribution >= 0.6 is 50.5 Å². The lowest BCUT2D eigenvalue weighted by Crippen LogP contribution is -2.04. The molecule has 3 aromatic rings. The molecule has 2 aromatic heterocycles. The van der Waals surface area contributed by atoms with Gasteiger partial charge in [0.15, 0.2) is 0 Å². The van der Waals surface area contributed by atoms with E-state index in [0.717, 1.165) is 39.3 Å². The molecule has 1 aromatic carbocycles. The number of rotatable bonds is 4. The lowest BCUT2D eigenvalue weighted by molar-refractivity contribution is 0.763. The van der Waals surface area contributed by atoms with Gasteiger partial charge in [-0.15, -0.1) is 22.9 Å². The van der Waals surface area contributed by atoms with Gasteiger partial charge in [-0.1, -0.05) is 11.6 Å². The molecule has 0 atom stereocenters. The van der Waals surface area contributed by atoms with Crippen LogP contribution < -0.4 is 0 Å². The first-order valence-electron chi connectivity index (χ1n) is 6.11. The fraction of sp³-hybridized carbons (Fsp3) is 0.214. The van der Waals surface area contributed by atoms with Crippen molar-refractivity contribution in [1.29, 1.82) is 0 Å². The molecule has 0 N–H and O–H groups in total. The van der Waals surface area contributed by atoms with Crippen LogP contribution in [0.5, 0.6) is 0 Å². The van der Waals surface area contributed by atoms with Gasteiger partial charge in [0.25, 0.3) is 0 Å². The molecule has 20 heavy (non-hydrogen) atoms. The summed E-state index contributed by atoms with van der Waals surface area (Å²) in [6.45, 7) is 0.791. The Balaban J connectivity index is 2.09. The number of benzene rings is 1. The van der Waals surface area contributed by atoms with Crippen LogP contribution in [0.4, 0.5) is 0 Å². The summed E-state index contributed by atoms with van der Waals surface area (Å²) in [6.07, 6.45) is 0.750. The summed E-state index contributed by atoms with van der Waals surface area (Å²) in [5.74, 6) is 1.56. The van der Waals surface area contributed by atoms with E-state index in [-0.39, 0.29) is 0 Å². The zero-order valence-electron chi connectivity index (χ0n) is 10.4. The molecule has 0 saturated carbocycles. The molecular formula is C14H11BrCl2N2S. The molecule has 0 spiro atoms. The highest BCUT2D eigenvalue weighted by atomic mass is 79.9. The van der Waals surface area contributed by atoms with Gasteiger partial charge in [-0.05, 0) is 40.2 Å². The van der Waals surface area contributed by atoms with Crippen molar-refractivity contribution in [2.45, 2.75) is 13.0 Å². The predicted molar refractivity (Wildman–Crippen MR) is 90.3 cm³/mol. The Kier molecular flexibility index (Phi) is 4.36. The van der Waals surface area contributed by atoms with E-state index in [2.05, 4.69) is 36.9 Å². The van der Waals surface area contributed by atoms with E-state index in [1.807, 2.05) is 18.2 Å². The van der Waals surface area contributed by atoms with Crippen LogP contribution in [0.15, 0.2) is 34.1 Å². The first kappa shape index (κ1) is 14.4. The first-order valence-corrected chi connectivity index (χ1v) is 8.69. The average molecular weight is 390 g/mol. The summed E-state index contributed by atoms with van der Waals surface area (Å²) in [4.78, 5) is 5.93.